The van der Waals surface area contributed by atoms with Crippen LogP contribution in [0, 0.1) is 0 Å². The van der Waals surface area contributed by atoms with Crippen molar-refractivity contribution in [2.24, 2.45) is 12.2 Å². The molecular formula is C23H26N11O7S3+. The highest BCUT2D eigenvalue weighted by molar-refractivity contribution is 8.01. The molecule has 3 aromatic rings. The number of carboxylic acid groups (broad SMARTS) is 2. The summed E-state index contributed by atoms with van der Waals surface area (Å²) in [5.74, 6) is -3.28. The zero-order valence-electron chi connectivity index (χ0n) is 23.0. The van der Waals surface area contributed by atoms with Gasteiger partial charge in [0.15, 0.2) is 10.8 Å². The van der Waals surface area contributed by atoms with Crippen molar-refractivity contribution in [3.63, 3.8) is 0 Å². The quantitative estimate of drug-likeness (QED) is 0.0353. The van der Waals surface area contributed by atoms with E-state index < -0.39 is 41.3 Å². The lowest BCUT2D eigenvalue weighted by Gasteiger charge is -2.49. The number of nitrogens with zero attached hydrogens (tertiary/aromatic N) is 7. The van der Waals surface area contributed by atoms with E-state index in [-0.39, 0.29) is 51.9 Å². The van der Waals surface area contributed by atoms with Gasteiger partial charge in [-0.1, -0.05) is 28.4 Å². The topological polar surface area (TPSA) is 271 Å². The third kappa shape index (κ3) is 5.67. The van der Waals surface area contributed by atoms with Crippen LogP contribution < -0.4 is 27.1 Å². The number of aromatic nitrogens is 5. The lowest BCUT2D eigenvalue weighted by molar-refractivity contribution is -0.631. The number of hydrogen-bond acceptors (Lipinski definition) is 15. The number of nitrogen functional groups attached to an aromatic ring is 3. The molecule has 1 fully saturated rings. The van der Waals surface area contributed by atoms with E-state index in [0.717, 1.165) is 16.2 Å². The van der Waals surface area contributed by atoms with Crippen molar-refractivity contribution in [2.75, 3.05) is 28.7 Å². The molecular weight excluding hydrogens is 639 g/mol. The number of amides is 2. The Kier molecular flexibility index (Phi) is 8.52. The first kappa shape index (κ1) is 30.8. The fourth-order valence-corrected chi connectivity index (χ4v) is 7.35. The number of β-lactam (4-membered cyclic amide) rings is 1. The van der Waals surface area contributed by atoms with Crippen LogP contribution in [0.25, 0.3) is 5.65 Å². The maximum Gasteiger partial charge on any atom is 0.376 e. The van der Waals surface area contributed by atoms with Crippen LogP contribution in [0.4, 0.5) is 16.9 Å². The molecule has 232 valence electrons. The van der Waals surface area contributed by atoms with Crippen LogP contribution in [0.15, 0.2) is 33.0 Å². The molecule has 0 radical (unpaired) electrons. The zero-order valence-corrected chi connectivity index (χ0v) is 25.5. The molecule has 3 atom stereocenters. The van der Waals surface area contributed by atoms with Crippen molar-refractivity contribution >= 4 is 86.9 Å². The van der Waals surface area contributed by atoms with Crippen molar-refractivity contribution < 1.29 is 38.8 Å². The minimum absolute atomic E-state index is 0.0207. The SMILES string of the molecule is CC[C@@H](O/N=C(\C(=O)NC1C(=O)N2C(C(=O)O)=C(CSc3nc(N)cc4n3nc(N)[n+]4C)CS[C@H]12)c1csc(N)n1)C(=O)O. The fraction of sp³-hybridized carbons (Fsp3) is 0.348. The zero-order chi connectivity index (χ0) is 31.9. The van der Waals surface area contributed by atoms with Crippen molar-refractivity contribution in [3.8, 4) is 0 Å². The van der Waals surface area contributed by atoms with Gasteiger partial charge in [-0.15, -0.1) is 23.1 Å². The second-order valence-corrected chi connectivity index (χ2v) is 12.3. The van der Waals surface area contributed by atoms with E-state index in [1.165, 1.54) is 33.4 Å². The van der Waals surface area contributed by atoms with E-state index in [1.807, 2.05) is 0 Å². The Labute approximate surface area is 260 Å². The van der Waals surface area contributed by atoms with Gasteiger partial charge in [-0.25, -0.2) is 19.1 Å². The van der Waals surface area contributed by atoms with Gasteiger partial charge in [-0.2, -0.15) is 4.98 Å². The number of nitrogens with two attached hydrogens (primary N) is 3. The summed E-state index contributed by atoms with van der Waals surface area (Å²) in [7, 11) is 1.71. The summed E-state index contributed by atoms with van der Waals surface area (Å²) >= 11 is 3.46. The Morgan fingerprint density at radius 2 is 2.05 bits per heavy atom. The monoisotopic (exact) mass is 664 g/mol. The summed E-state index contributed by atoms with van der Waals surface area (Å²) in [4.78, 5) is 64.7. The third-order valence-electron chi connectivity index (χ3n) is 6.60. The molecule has 5 heterocycles. The number of oxime groups is 1. The highest BCUT2D eigenvalue weighted by Crippen LogP contribution is 2.41. The molecule has 0 spiro atoms. The van der Waals surface area contributed by atoms with E-state index in [0.29, 0.717) is 16.4 Å². The number of carbonyl (C=O) groups excluding carboxylic acids is 2. The smallest absolute Gasteiger partial charge is 0.376 e. The van der Waals surface area contributed by atoms with E-state index in [1.54, 1.807) is 24.6 Å². The molecule has 0 saturated carbocycles. The van der Waals surface area contributed by atoms with Gasteiger partial charge < -0.3 is 37.6 Å². The van der Waals surface area contributed by atoms with Gasteiger partial charge in [-0.3, -0.25) is 14.5 Å². The number of fused-ring (bicyclic) bond motifs is 2. The number of carboxylic acids is 2. The first-order valence-corrected chi connectivity index (χ1v) is 15.6. The summed E-state index contributed by atoms with van der Waals surface area (Å²) in [6.07, 6.45) is -1.25. The van der Waals surface area contributed by atoms with Gasteiger partial charge in [0.2, 0.25) is 16.9 Å². The van der Waals surface area contributed by atoms with Gasteiger partial charge in [-0.05, 0) is 12.0 Å². The predicted octanol–water partition coefficient (Wildman–Crippen LogP) is -1.13. The summed E-state index contributed by atoms with van der Waals surface area (Å²) in [5, 5.41) is 31.1. The lowest BCUT2D eigenvalue weighted by Crippen LogP contribution is -2.71. The largest absolute Gasteiger partial charge is 0.478 e. The summed E-state index contributed by atoms with van der Waals surface area (Å²) < 4.78 is 3.12. The third-order valence-corrected chi connectivity index (χ3v) is 9.63. The molecule has 0 aromatic carbocycles. The fourth-order valence-electron chi connectivity index (χ4n) is 4.36. The minimum Gasteiger partial charge on any atom is -0.478 e. The van der Waals surface area contributed by atoms with Gasteiger partial charge in [0.05, 0.1) is 7.05 Å². The molecule has 2 aliphatic heterocycles. The average molecular weight is 665 g/mol. The minimum atomic E-state index is -1.32. The standard InChI is InChI=1S/C23H25N11O7S3/c1-3-10(19(37)38)41-31-13(9-7-43-22(26)27-9)16(35)29-14-17(36)33-15(20(39)40)8(5-42-18(14)33)6-44-23-28-11(24)4-12-32(2)21(25)30-34(12)23/h4,7,10,14,18,24H,3,5-6H2,1-2H3,(H7,25,26,27,29,30,35,37,38,39,40)/p+1/b31-13-/t10-,14?,18-/m1/s1. The average Bonchev–Trinajstić information content (AvgIpc) is 3.53. The molecule has 5 rings (SSSR count). The van der Waals surface area contributed by atoms with Crippen LogP contribution in [-0.4, -0.2) is 93.2 Å². The molecule has 2 aliphatic rings. The van der Waals surface area contributed by atoms with Crippen molar-refractivity contribution in [1.29, 1.82) is 0 Å². The maximum atomic E-state index is 13.3. The van der Waals surface area contributed by atoms with Crippen LogP contribution in [0.1, 0.15) is 19.0 Å². The summed E-state index contributed by atoms with van der Waals surface area (Å²) in [6, 6.07) is 0.504. The predicted molar refractivity (Wildman–Crippen MR) is 159 cm³/mol. The van der Waals surface area contributed by atoms with Crippen LogP contribution in [-0.2, 0) is 31.1 Å². The summed E-state index contributed by atoms with van der Waals surface area (Å²) in [5.41, 5.74) is 18.0. The second kappa shape index (κ2) is 12.2. The number of thiazole rings is 1. The lowest BCUT2D eigenvalue weighted by atomic mass is 10.0. The number of aryl methyl sites for hydroxylation is 1. The van der Waals surface area contributed by atoms with Crippen LogP contribution in [0.3, 0.4) is 0 Å². The second-order valence-electron chi connectivity index (χ2n) is 9.41. The molecule has 3 aromatic heterocycles. The van der Waals surface area contributed by atoms with Gasteiger partial charge in [0.25, 0.3) is 11.8 Å². The Morgan fingerprint density at radius 1 is 1.30 bits per heavy atom. The number of thioether (sulfide) groups is 2. The van der Waals surface area contributed by atoms with Gasteiger partial charge in [0.1, 0.15) is 28.6 Å². The van der Waals surface area contributed by atoms with E-state index in [4.69, 9.17) is 22.0 Å². The molecule has 44 heavy (non-hydrogen) atoms. The normalized spacial score (nSPS) is 19.0. The highest BCUT2D eigenvalue weighted by atomic mass is 32.2. The van der Waals surface area contributed by atoms with Crippen LogP contribution >= 0.6 is 34.9 Å². The molecule has 9 N–H and O–H groups in total. The number of nitrogens with one attached hydrogen (secondary N) is 1. The molecule has 1 saturated heterocycles. The Hall–Kier alpha value is -4.63. The van der Waals surface area contributed by atoms with E-state index in [2.05, 4.69) is 25.5 Å². The molecule has 2 amide bonds. The van der Waals surface area contributed by atoms with Gasteiger partial charge >= 0.3 is 17.9 Å². The molecule has 0 aliphatic carbocycles. The first-order chi connectivity index (χ1) is 20.9. The van der Waals surface area contributed by atoms with Crippen molar-refractivity contribution in [1.82, 2.24) is 29.8 Å². The van der Waals surface area contributed by atoms with Crippen molar-refractivity contribution in [3.05, 3.63) is 28.4 Å². The number of rotatable bonds is 11. The van der Waals surface area contributed by atoms with Gasteiger partial charge in [0, 0.05) is 28.1 Å². The highest BCUT2D eigenvalue weighted by Gasteiger charge is 2.54. The molecule has 21 heteroatoms. The summed E-state index contributed by atoms with van der Waals surface area (Å²) in [6.45, 7) is 1.57. The number of carbonyl (C=O) groups is 4. The maximum absolute atomic E-state index is 13.3. The number of aliphatic carboxylic acids is 2. The number of hydrogen-bond donors (Lipinski definition) is 6. The van der Waals surface area contributed by atoms with E-state index >= 15 is 0 Å². The number of anilines is 3. The Bertz CT molecular complexity index is 1750. The van der Waals surface area contributed by atoms with Crippen LogP contribution in [0.2, 0.25) is 0 Å². The first-order valence-electron chi connectivity index (χ1n) is 12.7. The Balaban J connectivity index is 1.35. The molecule has 18 nitrogen and oxygen atoms in total. The van der Waals surface area contributed by atoms with Crippen LogP contribution in [0.5, 0.6) is 0 Å². The molecule has 0 bridgehead atoms. The molecule has 1 unspecified atom stereocenters. The van der Waals surface area contributed by atoms with Crippen molar-refractivity contribution in [2.45, 2.75) is 36.0 Å². The van der Waals surface area contributed by atoms with E-state index in [9.17, 15) is 29.4 Å². The Morgan fingerprint density at radius 3 is 2.68 bits per heavy atom.